The lowest BCUT2D eigenvalue weighted by Crippen LogP contribution is -2.52. The molecule has 0 saturated carbocycles. The molecule has 0 unspecified atom stereocenters. The molecule has 0 saturated heterocycles. The van der Waals surface area contributed by atoms with Gasteiger partial charge in [-0.25, -0.2) is 4.79 Å². The van der Waals surface area contributed by atoms with E-state index in [1.807, 2.05) is 0 Å². The normalized spacial score (nSPS) is 13.4. The Morgan fingerprint density at radius 3 is 1.32 bits per heavy atom. The van der Waals surface area contributed by atoms with E-state index in [4.69, 9.17) is 13.6 Å². The van der Waals surface area contributed by atoms with Crippen LogP contribution in [0.3, 0.4) is 0 Å². The van der Waals surface area contributed by atoms with Crippen LogP contribution in [0.4, 0.5) is 0 Å². The molecule has 0 radical (unpaired) electrons. The summed E-state index contributed by atoms with van der Waals surface area (Å²) in [6.45, 7) is 36.6. The van der Waals surface area contributed by atoms with E-state index in [0.717, 1.165) is 33.8 Å². The van der Waals surface area contributed by atoms with Gasteiger partial charge in [0, 0.05) is 17.3 Å². The lowest BCUT2D eigenvalue weighted by atomic mass is 9.96. The molecule has 0 aliphatic carbocycles. The van der Waals surface area contributed by atoms with Gasteiger partial charge in [-0.15, -0.1) is 0 Å². The number of ether oxygens (including phenoxy) is 1. The van der Waals surface area contributed by atoms with Crippen LogP contribution < -0.4 is 8.85 Å². The molecule has 0 fully saturated rings. The third-order valence-corrected chi connectivity index (χ3v) is 26.7. The zero-order chi connectivity index (χ0) is 35.9. The second-order valence-electron chi connectivity index (χ2n) is 17.3. The van der Waals surface area contributed by atoms with Crippen molar-refractivity contribution in [3.63, 3.8) is 0 Å². The quantitative estimate of drug-likeness (QED) is 0.148. The molecule has 0 spiro atoms. The maximum absolute atomic E-state index is 14.0. The minimum Gasteiger partial charge on any atom is -0.544 e. The summed E-state index contributed by atoms with van der Waals surface area (Å²) in [6.07, 6.45) is 2.26. The van der Waals surface area contributed by atoms with Gasteiger partial charge < -0.3 is 17.8 Å². The minimum atomic E-state index is -2.35. The summed E-state index contributed by atoms with van der Waals surface area (Å²) < 4.78 is 21.3. The molecule has 8 heteroatoms. The SMILES string of the molecule is COC(=O)c1c(-c2ccc(O[Si](C)(C)C(C)(C)C)cc2)c(-c2ccc(O[Si](C)(C)C(C)(C)C)cc2)cn1[Si](C(C)C)(C(C)C)C(C)C. The topological polar surface area (TPSA) is 49.7 Å². The highest BCUT2D eigenvalue weighted by atomic mass is 28.4. The molecule has 3 rings (SSSR count). The van der Waals surface area contributed by atoms with E-state index in [1.165, 1.54) is 7.11 Å². The van der Waals surface area contributed by atoms with Crippen molar-refractivity contribution in [2.75, 3.05) is 7.11 Å². The summed E-state index contributed by atoms with van der Waals surface area (Å²) in [6, 6.07) is 16.8. The molecule has 0 aliphatic rings. The Balaban J connectivity index is 2.35. The molecule has 5 nitrogen and oxygen atoms in total. The highest BCUT2D eigenvalue weighted by Gasteiger charge is 2.48. The number of nitrogens with zero attached hydrogens (tertiary/aromatic N) is 1. The van der Waals surface area contributed by atoms with Crippen LogP contribution in [0.5, 0.6) is 11.5 Å². The first kappa shape index (κ1) is 38.9. The largest absolute Gasteiger partial charge is 0.544 e. The van der Waals surface area contributed by atoms with Crippen LogP contribution in [0, 0.1) is 0 Å². The average Bonchev–Trinajstić information content (AvgIpc) is 3.32. The number of carbonyl (C=O) groups excluding carboxylic acids is 1. The van der Waals surface area contributed by atoms with E-state index in [-0.39, 0.29) is 16.0 Å². The molecule has 0 atom stereocenters. The van der Waals surface area contributed by atoms with Crippen molar-refractivity contribution in [2.45, 2.75) is 136 Å². The second-order valence-corrected chi connectivity index (χ2v) is 32.4. The van der Waals surface area contributed by atoms with Crippen molar-refractivity contribution in [2.24, 2.45) is 0 Å². The van der Waals surface area contributed by atoms with Crippen LogP contribution in [0.25, 0.3) is 22.3 Å². The van der Waals surface area contributed by atoms with Gasteiger partial charge in [-0.2, -0.15) is 0 Å². The molecule has 1 aromatic heterocycles. The van der Waals surface area contributed by atoms with Crippen molar-refractivity contribution in [1.29, 1.82) is 0 Å². The number of hydrogen-bond donors (Lipinski definition) is 0. The smallest absolute Gasteiger partial charge is 0.354 e. The summed E-state index contributed by atoms with van der Waals surface area (Å²) in [5.74, 6) is 1.45. The summed E-state index contributed by atoms with van der Waals surface area (Å²) in [5, 5.41) is 0.192. The third-order valence-electron chi connectivity index (χ3n) is 11.2. The van der Waals surface area contributed by atoms with Gasteiger partial charge in [0.1, 0.15) is 17.2 Å². The molecule has 0 aliphatic heterocycles. The van der Waals surface area contributed by atoms with Gasteiger partial charge in [-0.05, 0) is 88.3 Å². The Kier molecular flexibility index (Phi) is 11.4. The molecule has 0 N–H and O–H groups in total. The number of aromatic nitrogens is 1. The summed E-state index contributed by atoms with van der Waals surface area (Å²) in [7, 11) is -4.87. The first-order valence-corrected chi connectivity index (χ1v) is 25.3. The lowest BCUT2D eigenvalue weighted by Gasteiger charge is -2.44. The highest BCUT2D eigenvalue weighted by Crippen LogP contribution is 2.48. The van der Waals surface area contributed by atoms with Gasteiger partial charge in [-0.3, -0.25) is 0 Å². The Morgan fingerprint density at radius 2 is 1.00 bits per heavy atom. The van der Waals surface area contributed by atoms with E-state index >= 15 is 0 Å². The zero-order valence-electron chi connectivity index (χ0n) is 32.5. The van der Waals surface area contributed by atoms with E-state index in [9.17, 15) is 4.79 Å². The first-order valence-electron chi connectivity index (χ1n) is 17.3. The van der Waals surface area contributed by atoms with Gasteiger partial charge in [0.2, 0.25) is 16.6 Å². The summed E-state index contributed by atoms with van der Waals surface area (Å²) in [4.78, 5) is 14.0. The molecule has 0 bridgehead atoms. The fourth-order valence-electron chi connectivity index (χ4n) is 6.74. The van der Waals surface area contributed by atoms with Crippen LogP contribution in [-0.2, 0) is 4.74 Å². The predicted octanol–water partition coefficient (Wildman–Crippen LogP) is 12.4. The number of rotatable bonds is 11. The molecule has 2 aromatic carbocycles. The van der Waals surface area contributed by atoms with E-state index < -0.39 is 24.9 Å². The Hall–Kier alpha value is -2.56. The molecule has 1 heterocycles. The van der Waals surface area contributed by atoms with E-state index in [1.54, 1.807) is 0 Å². The van der Waals surface area contributed by atoms with Gasteiger partial charge in [0.15, 0.2) is 8.24 Å². The van der Waals surface area contributed by atoms with Crippen LogP contribution >= 0.6 is 0 Å². The lowest BCUT2D eigenvalue weighted by molar-refractivity contribution is 0.0593. The zero-order valence-corrected chi connectivity index (χ0v) is 35.5. The van der Waals surface area contributed by atoms with Gasteiger partial charge in [0.25, 0.3) is 0 Å². The summed E-state index contributed by atoms with van der Waals surface area (Å²) >= 11 is 0. The molecular formula is C39H63NO4Si3. The summed E-state index contributed by atoms with van der Waals surface area (Å²) in [5.41, 5.74) is 5.77. The van der Waals surface area contributed by atoms with E-state index in [2.05, 4.69) is 168 Å². The van der Waals surface area contributed by atoms with Crippen molar-refractivity contribution in [3.05, 3.63) is 60.4 Å². The third kappa shape index (κ3) is 7.54. The Labute approximate surface area is 289 Å². The van der Waals surface area contributed by atoms with Crippen molar-refractivity contribution < 1.29 is 18.4 Å². The molecular weight excluding hydrogens is 631 g/mol. The maximum Gasteiger partial charge on any atom is 0.354 e. The van der Waals surface area contributed by atoms with Crippen LogP contribution in [0.2, 0.25) is 52.9 Å². The number of methoxy groups -OCH3 is 1. The fraction of sp³-hybridized carbons (Fsp3) is 0.564. The Morgan fingerprint density at radius 1 is 0.638 bits per heavy atom. The van der Waals surface area contributed by atoms with Crippen LogP contribution in [0.15, 0.2) is 54.7 Å². The van der Waals surface area contributed by atoms with Gasteiger partial charge in [0.05, 0.1) is 7.11 Å². The van der Waals surface area contributed by atoms with Crippen LogP contribution in [0.1, 0.15) is 93.6 Å². The van der Waals surface area contributed by atoms with Gasteiger partial charge >= 0.3 is 5.97 Å². The minimum absolute atomic E-state index is 0.0903. The first-order chi connectivity index (χ1) is 21.4. The maximum atomic E-state index is 14.0. The second kappa shape index (κ2) is 13.7. The van der Waals surface area contributed by atoms with E-state index in [0.29, 0.717) is 22.3 Å². The van der Waals surface area contributed by atoms with Crippen LogP contribution in [-0.4, -0.2) is 42.2 Å². The predicted molar refractivity (Wildman–Crippen MR) is 209 cm³/mol. The number of hydrogen-bond acceptors (Lipinski definition) is 4. The Bertz CT molecular complexity index is 1500. The standard InChI is InChI=1S/C39H63NO4Si3/c1-27(2)47(28(3)4,29(5)6)40-26-34(30-18-22-32(23-19-30)43-45(14,15)38(7,8)9)35(36(40)37(41)42-13)31-20-24-33(25-21-31)44-46(16,17)39(10,11)12/h18-29H,1-17H3. The van der Waals surface area contributed by atoms with Gasteiger partial charge in [-0.1, -0.05) is 107 Å². The fourth-order valence-corrected chi connectivity index (χ4v) is 15.4. The molecule has 47 heavy (non-hydrogen) atoms. The number of benzene rings is 2. The molecule has 3 aromatic rings. The average molecular weight is 694 g/mol. The highest BCUT2D eigenvalue weighted by molar-refractivity contribution is 6.82. The monoisotopic (exact) mass is 693 g/mol. The van der Waals surface area contributed by atoms with Crippen molar-refractivity contribution >= 4 is 30.8 Å². The van der Waals surface area contributed by atoms with Crippen molar-refractivity contribution in [1.82, 2.24) is 4.23 Å². The van der Waals surface area contributed by atoms with Crippen molar-refractivity contribution in [3.8, 4) is 33.8 Å². The number of esters is 1. The molecule has 260 valence electrons. The number of carbonyl (C=O) groups is 1. The molecule has 0 amide bonds.